The lowest BCUT2D eigenvalue weighted by atomic mass is 10.4. The average molecular weight is 291 g/mol. The maximum absolute atomic E-state index is 11.8. The number of hydrogen-bond acceptors (Lipinski definition) is 4. The summed E-state index contributed by atoms with van der Waals surface area (Å²) in [6.07, 6.45) is -2.17. The van der Waals surface area contributed by atoms with E-state index in [1.165, 1.54) is 6.08 Å². The second kappa shape index (κ2) is 6.78. The van der Waals surface area contributed by atoms with Crippen LogP contribution in [0.25, 0.3) is 6.08 Å². The summed E-state index contributed by atoms with van der Waals surface area (Å²) in [7, 11) is 0. The van der Waals surface area contributed by atoms with E-state index in [0.717, 1.165) is 6.08 Å². The van der Waals surface area contributed by atoms with Crippen molar-refractivity contribution in [3.05, 3.63) is 29.7 Å². The van der Waals surface area contributed by atoms with Gasteiger partial charge in [0, 0.05) is 6.08 Å². The first-order valence-electron chi connectivity index (χ1n) is 5.51. The van der Waals surface area contributed by atoms with E-state index in [1.807, 2.05) is 0 Å². The first-order valence-corrected chi connectivity index (χ1v) is 5.51. The number of nitrogens with one attached hydrogen (secondary N) is 1. The van der Waals surface area contributed by atoms with Crippen LogP contribution in [0.2, 0.25) is 0 Å². The number of carbonyl (C=O) groups excluding carboxylic acids is 2. The highest BCUT2D eigenvalue weighted by atomic mass is 19.4. The van der Waals surface area contributed by atoms with Gasteiger partial charge in [0.25, 0.3) is 5.91 Å². The number of halogens is 3. The van der Waals surface area contributed by atoms with Crippen molar-refractivity contribution in [3.8, 4) is 0 Å². The zero-order valence-corrected chi connectivity index (χ0v) is 10.5. The Hall–Kier alpha value is -2.25. The molecule has 0 aliphatic heterocycles. The number of carbonyl (C=O) groups is 2. The van der Waals surface area contributed by atoms with Crippen LogP contribution in [0, 0.1) is 6.92 Å². The molecule has 0 spiro atoms. The molecule has 1 aromatic rings. The number of rotatable bonds is 5. The lowest BCUT2D eigenvalue weighted by Crippen LogP contribution is -2.36. The van der Waals surface area contributed by atoms with Gasteiger partial charge in [-0.3, -0.25) is 4.79 Å². The van der Waals surface area contributed by atoms with Crippen molar-refractivity contribution in [1.82, 2.24) is 5.32 Å². The van der Waals surface area contributed by atoms with Gasteiger partial charge in [0.2, 0.25) is 0 Å². The van der Waals surface area contributed by atoms with E-state index in [-0.39, 0.29) is 0 Å². The fraction of sp³-hybridized carbons (Fsp3) is 0.333. The van der Waals surface area contributed by atoms with Gasteiger partial charge in [-0.2, -0.15) is 13.2 Å². The summed E-state index contributed by atoms with van der Waals surface area (Å²) in [5, 5.41) is 1.57. The molecule has 0 saturated heterocycles. The molecule has 110 valence electrons. The highest BCUT2D eigenvalue weighted by Crippen LogP contribution is 2.12. The molecule has 1 rings (SSSR count). The summed E-state index contributed by atoms with van der Waals surface area (Å²) in [5.41, 5.74) is 0. The SMILES string of the molecule is Cc1ccc(C=CC(=O)OCC(=O)NCC(F)(F)F)o1. The molecule has 1 N–H and O–H groups in total. The third-order valence-corrected chi connectivity index (χ3v) is 1.98. The molecular weight excluding hydrogens is 279 g/mol. The molecule has 8 heteroatoms. The van der Waals surface area contributed by atoms with Gasteiger partial charge in [0.05, 0.1) is 0 Å². The van der Waals surface area contributed by atoms with Gasteiger partial charge in [-0.05, 0) is 25.1 Å². The Bertz CT molecular complexity index is 505. The Labute approximate surface area is 112 Å². The minimum absolute atomic E-state index is 0.418. The van der Waals surface area contributed by atoms with Gasteiger partial charge < -0.3 is 14.5 Å². The summed E-state index contributed by atoms with van der Waals surface area (Å²) >= 11 is 0. The molecule has 1 aromatic heterocycles. The fourth-order valence-corrected chi connectivity index (χ4v) is 1.13. The van der Waals surface area contributed by atoms with E-state index in [9.17, 15) is 22.8 Å². The quantitative estimate of drug-likeness (QED) is 0.663. The molecule has 5 nitrogen and oxygen atoms in total. The van der Waals surface area contributed by atoms with Gasteiger partial charge in [0.15, 0.2) is 6.61 Å². The monoisotopic (exact) mass is 291 g/mol. The maximum Gasteiger partial charge on any atom is 0.405 e. The van der Waals surface area contributed by atoms with E-state index < -0.39 is 31.2 Å². The number of ether oxygens (including phenoxy) is 1. The molecular formula is C12H12F3NO4. The molecule has 0 atom stereocenters. The third-order valence-electron chi connectivity index (χ3n) is 1.98. The molecule has 0 saturated carbocycles. The fourth-order valence-electron chi connectivity index (χ4n) is 1.13. The Morgan fingerprint density at radius 2 is 2.10 bits per heavy atom. The number of aryl methyl sites for hydroxylation is 1. The minimum atomic E-state index is -4.50. The standard InChI is InChI=1S/C12H12F3NO4/c1-8-2-3-9(20-8)4-5-11(18)19-6-10(17)16-7-12(13,14)15/h2-5H,6-7H2,1H3,(H,16,17). The van der Waals surface area contributed by atoms with Crippen LogP contribution in [0.4, 0.5) is 13.2 Å². The number of alkyl halides is 3. The van der Waals surface area contributed by atoms with Crippen LogP contribution in [0.3, 0.4) is 0 Å². The van der Waals surface area contributed by atoms with E-state index in [1.54, 1.807) is 24.4 Å². The molecule has 0 fully saturated rings. The first kappa shape index (κ1) is 15.8. The zero-order chi connectivity index (χ0) is 15.2. The number of amides is 1. The van der Waals surface area contributed by atoms with Crippen LogP contribution in [0.5, 0.6) is 0 Å². The van der Waals surface area contributed by atoms with Crippen LogP contribution >= 0.6 is 0 Å². The Morgan fingerprint density at radius 3 is 2.65 bits per heavy atom. The molecule has 1 amide bonds. The number of furan rings is 1. The van der Waals surface area contributed by atoms with Gasteiger partial charge in [-0.25, -0.2) is 4.79 Å². The third kappa shape index (κ3) is 6.62. The molecule has 0 aliphatic carbocycles. The Kier molecular flexibility index (Phi) is 5.36. The van der Waals surface area contributed by atoms with E-state index in [2.05, 4.69) is 4.74 Å². The molecule has 0 aliphatic rings. The van der Waals surface area contributed by atoms with Crippen molar-refractivity contribution in [1.29, 1.82) is 0 Å². The first-order chi connectivity index (χ1) is 9.26. The molecule has 1 heterocycles. The lowest BCUT2D eigenvalue weighted by Gasteiger charge is -2.07. The van der Waals surface area contributed by atoms with Crippen molar-refractivity contribution in [2.24, 2.45) is 0 Å². The number of esters is 1. The predicted octanol–water partition coefficient (Wildman–Crippen LogP) is 1.82. The maximum atomic E-state index is 11.8. The zero-order valence-electron chi connectivity index (χ0n) is 10.5. The normalized spacial score (nSPS) is 11.6. The van der Waals surface area contributed by atoms with Crippen LogP contribution in [-0.2, 0) is 14.3 Å². The van der Waals surface area contributed by atoms with Crippen LogP contribution in [0.15, 0.2) is 22.6 Å². The van der Waals surface area contributed by atoms with Gasteiger partial charge in [-0.1, -0.05) is 0 Å². The topological polar surface area (TPSA) is 68.5 Å². The van der Waals surface area contributed by atoms with Crippen LogP contribution < -0.4 is 5.32 Å². The van der Waals surface area contributed by atoms with Crippen molar-refractivity contribution in [2.45, 2.75) is 13.1 Å². The van der Waals surface area contributed by atoms with Crippen molar-refractivity contribution < 1.29 is 31.9 Å². The minimum Gasteiger partial charge on any atom is -0.462 e. The van der Waals surface area contributed by atoms with E-state index in [0.29, 0.717) is 11.5 Å². The van der Waals surface area contributed by atoms with Crippen LogP contribution in [0.1, 0.15) is 11.5 Å². The van der Waals surface area contributed by atoms with Crippen molar-refractivity contribution >= 4 is 18.0 Å². The summed E-state index contributed by atoms with van der Waals surface area (Å²) < 4.78 is 44.9. The Morgan fingerprint density at radius 1 is 1.40 bits per heavy atom. The molecule has 20 heavy (non-hydrogen) atoms. The summed E-state index contributed by atoms with van der Waals surface area (Å²) in [6, 6.07) is 3.31. The highest BCUT2D eigenvalue weighted by Gasteiger charge is 2.27. The predicted molar refractivity (Wildman–Crippen MR) is 62.5 cm³/mol. The number of hydrogen-bond donors (Lipinski definition) is 1. The largest absolute Gasteiger partial charge is 0.462 e. The summed E-state index contributed by atoms with van der Waals surface area (Å²) in [5.74, 6) is -0.815. The highest BCUT2D eigenvalue weighted by molar-refractivity contribution is 5.88. The second-order valence-corrected chi connectivity index (χ2v) is 3.78. The summed E-state index contributed by atoms with van der Waals surface area (Å²) in [4.78, 5) is 22.1. The van der Waals surface area contributed by atoms with Crippen molar-refractivity contribution in [3.63, 3.8) is 0 Å². The van der Waals surface area contributed by atoms with E-state index in [4.69, 9.17) is 4.42 Å². The van der Waals surface area contributed by atoms with Gasteiger partial charge in [-0.15, -0.1) is 0 Å². The molecule has 0 radical (unpaired) electrons. The molecule has 0 unspecified atom stereocenters. The smallest absolute Gasteiger partial charge is 0.405 e. The lowest BCUT2D eigenvalue weighted by molar-refractivity contribution is -0.148. The second-order valence-electron chi connectivity index (χ2n) is 3.78. The Balaban J connectivity index is 2.29. The average Bonchev–Trinajstić information content (AvgIpc) is 2.76. The van der Waals surface area contributed by atoms with Gasteiger partial charge in [0.1, 0.15) is 18.1 Å². The molecule has 0 aromatic carbocycles. The van der Waals surface area contributed by atoms with Gasteiger partial charge >= 0.3 is 12.1 Å². The summed E-state index contributed by atoms with van der Waals surface area (Å²) in [6.45, 7) is -0.526. The molecule has 0 bridgehead atoms. The van der Waals surface area contributed by atoms with E-state index >= 15 is 0 Å². The van der Waals surface area contributed by atoms with Crippen LogP contribution in [-0.4, -0.2) is 31.2 Å². The van der Waals surface area contributed by atoms with Crippen molar-refractivity contribution in [2.75, 3.05) is 13.2 Å².